The highest BCUT2D eigenvalue weighted by Gasteiger charge is 2.15. The normalized spacial score (nSPS) is 11.2. The maximum Gasteiger partial charge on any atom is 0.189 e. The van der Waals surface area contributed by atoms with E-state index in [-0.39, 0.29) is 5.78 Å². The van der Waals surface area contributed by atoms with Gasteiger partial charge in [-0.25, -0.2) is 9.97 Å². The van der Waals surface area contributed by atoms with E-state index in [1.807, 2.05) is 55.8 Å². The molecule has 1 aromatic carbocycles. The minimum atomic E-state index is -0.0539. The molecule has 0 atom stereocenters. The van der Waals surface area contributed by atoms with Gasteiger partial charge in [-0.15, -0.1) is 0 Å². The zero-order valence-electron chi connectivity index (χ0n) is 14.6. The topological polar surface area (TPSA) is 60.7 Å². The van der Waals surface area contributed by atoms with E-state index in [4.69, 9.17) is 0 Å². The predicted octanol–water partition coefficient (Wildman–Crippen LogP) is 3.87. The molecule has 0 aliphatic carbocycles. The van der Waals surface area contributed by atoms with Crippen LogP contribution in [0.25, 0.3) is 17.5 Å². The molecule has 0 amide bonds. The van der Waals surface area contributed by atoms with E-state index >= 15 is 0 Å². The second-order valence-electron chi connectivity index (χ2n) is 5.77. The van der Waals surface area contributed by atoms with E-state index in [0.29, 0.717) is 11.4 Å². The molecule has 3 rings (SSSR count). The van der Waals surface area contributed by atoms with Gasteiger partial charge >= 0.3 is 0 Å². The van der Waals surface area contributed by atoms with Crippen molar-refractivity contribution in [2.24, 2.45) is 0 Å². The molecule has 2 heterocycles. The van der Waals surface area contributed by atoms with Crippen LogP contribution in [0.1, 0.15) is 34.2 Å². The van der Waals surface area contributed by atoms with Crippen molar-refractivity contribution in [1.82, 2.24) is 19.7 Å². The molecule has 0 aliphatic rings. The number of allylic oxidation sites excluding steroid dienone is 1. The Balaban J connectivity index is 1.78. The summed E-state index contributed by atoms with van der Waals surface area (Å²) >= 11 is 0. The first-order valence-electron chi connectivity index (χ1n) is 8.24. The Morgan fingerprint density at radius 3 is 2.40 bits per heavy atom. The fourth-order valence-corrected chi connectivity index (χ4v) is 2.78. The summed E-state index contributed by atoms with van der Waals surface area (Å²) in [5.41, 5.74) is 4.06. The summed E-state index contributed by atoms with van der Waals surface area (Å²) in [4.78, 5) is 21.2. The first-order valence-corrected chi connectivity index (χ1v) is 8.24. The van der Waals surface area contributed by atoms with E-state index in [1.54, 1.807) is 24.5 Å². The molecule has 0 aliphatic heterocycles. The molecule has 2 aromatic heterocycles. The van der Waals surface area contributed by atoms with Crippen LogP contribution in [0.3, 0.4) is 0 Å². The average Bonchev–Trinajstić information content (AvgIpc) is 2.94. The Bertz CT molecular complexity index is 909. The van der Waals surface area contributed by atoms with Crippen LogP contribution in [0.4, 0.5) is 0 Å². The molecule has 0 bridgehead atoms. The maximum absolute atomic E-state index is 12.5. The monoisotopic (exact) mass is 332 g/mol. The molecule has 0 saturated carbocycles. The summed E-state index contributed by atoms with van der Waals surface area (Å²) in [6.45, 7) is 6.54. The van der Waals surface area contributed by atoms with Crippen LogP contribution < -0.4 is 0 Å². The summed E-state index contributed by atoms with van der Waals surface area (Å²) in [5, 5.41) is 4.39. The Morgan fingerprint density at radius 1 is 1.12 bits per heavy atom. The minimum Gasteiger partial charge on any atom is -0.289 e. The molecule has 0 saturated heterocycles. The van der Waals surface area contributed by atoms with Gasteiger partial charge < -0.3 is 0 Å². The standard InChI is InChI=1S/C20H20N4O/c1-4-24-15(3)19(14(2)23-24)18(25)11-10-16-12-21-20(22-13-16)17-8-6-5-7-9-17/h5-13H,4H2,1-3H3. The number of hydrogen-bond donors (Lipinski definition) is 0. The van der Waals surface area contributed by atoms with Crippen LogP contribution in [-0.2, 0) is 6.54 Å². The average molecular weight is 332 g/mol. The van der Waals surface area contributed by atoms with Gasteiger partial charge in [-0.05, 0) is 32.9 Å². The number of ketones is 1. The van der Waals surface area contributed by atoms with Gasteiger partial charge in [0.15, 0.2) is 11.6 Å². The van der Waals surface area contributed by atoms with E-state index in [0.717, 1.165) is 29.1 Å². The summed E-state index contributed by atoms with van der Waals surface area (Å²) in [7, 11) is 0. The highest BCUT2D eigenvalue weighted by atomic mass is 16.1. The number of aromatic nitrogens is 4. The van der Waals surface area contributed by atoms with Gasteiger partial charge in [0.1, 0.15) is 0 Å². The van der Waals surface area contributed by atoms with Crippen molar-refractivity contribution in [2.75, 3.05) is 0 Å². The lowest BCUT2D eigenvalue weighted by atomic mass is 10.1. The Labute approximate surface area is 147 Å². The van der Waals surface area contributed by atoms with Gasteiger partial charge in [0, 0.05) is 35.8 Å². The van der Waals surface area contributed by atoms with E-state index in [2.05, 4.69) is 15.1 Å². The van der Waals surface area contributed by atoms with Crippen LogP contribution >= 0.6 is 0 Å². The van der Waals surface area contributed by atoms with Gasteiger partial charge in [0.25, 0.3) is 0 Å². The molecule has 0 N–H and O–H groups in total. The molecular weight excluding hydrogens is 312 g/mol. The van der Waals surface area contributed by atoms with Crippen molar-refractivity contribution < 1.29 is 4.79 Å². The first-order chi connectivity index (χ1) is 12.1. The molecule has 126 valence electrons. The molecule has 25 heavy (non-hydrogen) atoms. The summed E-state index contributed by atoms with van der Waals surface area (Å²) < 4.78 is 1.84. The number of rotatable bonds is 5. The minimum absolute atomic E-state index is 0.0539. The number of carbonyl (C=O) groups excluding carboxylic acids is 1. The number of nitrogens with zero attached hydrogens (tertiary/aromatic N) is 4. The molecule has 3 aromatic rings. The third kappa shape index (κ3) is 3.55. The van der Waals surface area contributed by atoms with Gasteiger partial charge in [-0.3, -0.25) is 9.48 Å². The SMILES string of the molecule is CCn1nc(C)c(C(=O)C=Cc2cnc(-c3ccccc3)nc2)c1C. The van der Waals surface area contributed by atoms with Crippen molar-refractivity contribution in [1.29, 1.82) is 0 Å². The maximum atomic E-state index is 12.5. The molecular formula is C20H20N4O. The number of benzene rings is 1. The fourth-order valence-electron chi connectivity index (χ4n) is 2.78. The van der Waals surface area contributed by atoms with Gasteiger partial charge in [-0.1, -0.05) is 30.3 Å². The predicted molar refractivity (Wildman–Crippen MR) is 98.2 cm³/mol. The van der Waals surface area contributed by atoms with Crippen molar-refractivity contribution in [3.63, 3.8) is 0 Å². The highest BCUT2D eigenvalue weighted by Crippen LogP contribution is 2.16. The molecule has 0 spiro atoms. The molecule has 5 nitrogen and oxygen atoms in total. The van der Waals surface area contributed by atoms with Crippen LogP contribution in [-0.4, -0.2) is 25.5 Å². The largest absolute Gasteiger partial charge is 0.289 e. The Kier molecular flexibility index (Phi) is 4.84. The summed E-state index contributed by atoms with van der Waals surface area (Å²) in [5.74, 6) is 0.613. The quantitative estimate of drug-likeness (QED) is 0.525. The number of aryl methyl sites for hydroxylation is 2. The first kappa shape index (κ1) is 16.8. The van der Waals surface area contributed by atoms with Gasteiger partial charge in [0.2, 0.25) is 0 Å². The van der Waals surface area contributed by atoms with E-state index in [1.165, 1.54) is 0 Å². The molecule has 0 radical (unpaired) electrons. The second-order valence-corrected chi connectivity index (χ2v) is 5.77. The van der Waals surface area contributed by atoms with Crippen molar-refractivity contribution in [3.05, 3.63) is 71.3 Å². The van der Waals surface area contributed by atoms with E-state index in [9.17, 15) is 4.79 Å². The fraction of sp³-hybridized carbons (Fsp3) is 0.200. The van der Waals surface area contributed by atoms with Crippen molar-refractivity contribution in [3.8, 4) is 11.4 Å². The number of carbonyl (C=O) groups is 1. The van der Waals surface area contributed by atoms with Crippen LogP contribution in [0, 0.1) is 13.8 Å². The van der Waals surface area contributed by atoms with Crippen molar-refractivity contribution >= 4 is 11.9 Å². The molecule has 0 unspecified atom stereocenters. The lowest BCUT2D eigenvalue weighted by Gasteiger charge is -2.00. The van der Waals surface area contributed by atoms with Crippen molar-refractivity contribution in [2.45, 2.75) is 27.3 Å². The van der Waals surface area contributed by atoms with Crippen LogP contribution in [0.5, 0.6) is 0 Å². The lowest BCUT2D eigenvalue weighted by molar-refractivity contribution is 0.104. The molecule has 0 fully saturated rings. The Morgan fingerprint density at radius 2 is 1.80 bits per heavy atom. The lowest BCUT2D eigenvalue weighted by Crippen LogP contribution is -2.02. The van der Waals surface area contributed by atoms with Crippen LogP contribution in [0.2, 0.25) is 0 Å². The third-order valence-corrected chi connectivity index (χ3v) is 4.06. The number of hydrogen-bond acceptors (Lipinski definition) is 4. The highest BCUT2D eigenvalue weighted by molar-refractivity contribution is 6.08. The van der Waals surface area contributed by atoms with Gasteiger partial charge in [0.05, 0.1) is 11.3 Å². The zero-order chi connectivity index (χ0) is 17.8. The Hall–Kier alpha value is -3.08. The summed E-state index contributed by atoms with van der Waals surface area (Å²) in [6.07, 6.45) is 6.72. The third-order valence-electron chi connectivity index (χ3n) is 4.06. The van der Waals surface area contributed by atoms with Crippen LogP contribution in [0.15, 0.2) is 48.8 Å². The second kappa shape index (κ2) is 7.21. The van der Waals surface area contributed by atoms with Gasteiger partial charge in [-0.2, -0.15) is 5.10 Å². The molecule has 5 heteroatoms. The summed E-state index contributed by atoms with van der Waals surface area (Å²) in [6, 6.07) is 9.78. The zero-order valence-corrected chi connectivity index (χ0v) is 14.6. The van der Waals surface area contributed by atoms with E-state index < -0.39 is 0 Å². The smallest absolute Gasteiger partial charge is 0.189 e.